The summed E-state index contributed by atoms with van der Waals surface area (Å²) >= 11 is 0. The minimum atomic E-state index is -0.979. The molecule has 0 aliphatic heterocycles. The molecule has 29 heavy (non-hydrogen) atoms. The van der Waals surface area contributed by atoms with Crippen molar-refractivity contribution in [3.05, 3.63) is 35.2 Å². The lowest BCUT2D eigenvalue weighted by Gasteiger charge is -2.15. The van der Waals surface area contributed by atoms with Gasteiger partial charge in [-0.2, -0.15) is 5.10 Å². The maximum absolute atomic E-state index is 12.5. The molecule has 1 aromatic heterocycles. The van der Waals surface area contributed by atoms with Crippen molar-refractivity contribution in [3.8, 4) is 11.5 Å². The van der Waals surface area contributed by atoms with Crippen molar-refractivity contribution in [3.63, 3.8) is 0 Å². The molecule has 1 aromatic carbocycles. The molecule has 158 valence electrons. The number of unbranched alkanes of at least 4 members (excludes halogenated alkanes) is 1. The Morgan fingerprint density at radius 1 is 1.24 bits per heavy atom. The van der Waals surface area contributed by atoms with Gasteiger partial charge in [0.2, 0.25) is 0 Å². The molecule has 1 atom stereocenters. The lowest BCUT2D eigenvalue weighted by molar-refractivity contribution is -0.123. The number of nitrogens with zero attached hydrogens (tertiary/aromatic N) is 2. The molecule has 1 heterocycles. The Morgan fingerprint density at radius 2 is 1.97 bits per heavy atom. The molecule has 2 aromatic rings. The first-order valence-electron chi connectivity index (χ1n) is 9.61. The molecule has 8 heteroatoms. The highest BCUT2D eigenvalue weighted by molar-refractivity contribution is 5.98. The Kier molecular flexibility index (Phi) is 7.64. The molecule has 8 nitrogen and oxygen atoms in total. The number of hydrogen-bond acceptors (Lipinski definition) is 6. The van der Waals surface area contributed by atoms with Gasteiger partial charge >= 0.3 is 5.97 Å². The van der Waals surface area contributed by atoms with E-state index in [1.165, 1.54) is 14.0 Å². The highest BCUT2D eigenvalue weighted by Crippen LogP contribution is 2.29. The summed E-state index contributed by atoms with van der Waals surface area (Å²) in [7, 11) is 3.30. The van der Waals surface area contributed by atoms with Crippen molar-refractivity contribution >= 4 is 17.6 Å². The molecular weight excluding hydrogens is 374 g/mol. The molecular formula is C21H29N3O5. The first kappa shape index (κ1) is 22.3. The van der Waals surface area contributed by atoms with Gasteiger partial charge in [-0.3, -0.25) is 9.48 Å². The van der Waals surface area contributed by atoms with Crippen LogP contribution >= 0.6 is 0 Å². The number of ether oxygens (including phenoxy) is 3. The number of carbonyl (C=O) groups is 2. The topological polar surface area (TPSA) is 91.7 Å². The number of aromatic nitrogens is 2. The number of nitrogens with one attached hydrogen (secondary N) is 1. The van der Waals surface area contributed by atoms with E-state index in [1.54, 1.807) is 36.9 Å². The fraction of sp³-hybridized carbons (Fsp3) is 0.476. The Balaban J connectivity index is 2.03. The Bertz CT molecular complexity index is 875. The second kappa shape index (κ2) is 9.95. The van der Waals surface area contributed by atoms with Gasteiger partial charge in [-0.1, -0.05) is 13.3 Å². The molecule has 0 radical (unpaired) electrons. The average Bonchev–Trinajstić information content (AvgIpc) is 2.94. The van der Waals surface area contributed by atoms with Crippen molar-refractivity contribution in [1.82, 2.24) is 9.78 Å². The van der Waals surface area contributed by atoms with E-state index in [0.29, 0.717) is 29.5 Å². The molecule has 0 aliphatic rings. The standard InChI is InChI=1S/C21H29N3O5/c1-7-8-11-28-17-10-9-16(12-18(17)27-6)21(26)29-15(4)20(25)22-19-13(2)23-24(5)14(19)3/h9-10,12,15H,7-8,11H2,1-6H3,(H,22,25)/t15-/m0/s1. The van der Waals surface area contributed by atoms with Gasteiger partial charge in [0.05, 0.1) is 36.4 Å². The maximum atomic E-state index is 12.5. The third-order valence-electron chi connectivity index (χ3n) is 4.57. The normalized spacial score (nSPS) is 11.7. The molecule has 0 aliphatic carbocycles. The fourth-order valence-electron chi connectivity index (χ4n) is 2.70. The summed E-state index contributed by atoms with van der Waals surface area (Å²) in [5.74, 6) is -0.0465. The first-order chi connectivity index (χ1) is 13.8. The van der Waals surface area contributed by atoms with Gasteiger partial charge in [0.25, 0.3) is 5.91 Å². The SMILES string of the molecule is CCCCOc1ccc(C(=O)O[C@@H](C)C(=O)Nc2c(C)nn(C)c2C)cc1OC. The van der Waals surface area contributed by atoms with Crippen LogP contribution in [0.5, 0.6) is 11.5 Å². The van der Waals surface area contributed by atoms with E-state index in [2.05, 4.69) is 17.3 Å². The van der Waals surface area contributed by atoms with Gasteiger partial charge in [-0.15, -0.1) is 0 Å². The summed E-state index contributed by atoms with van der Waals surface area (Å²) in [6, 6.07) is 4.80. The molecule has 0 saturated heterocycles. The molecule has 2 rings (SSSR count). The van der Waals surface area contributed by atoms with E-state index in [4.69, 9.17) is 14.2 Å². The number of methoxy groups -OCH3 is 1. The van der Waals surface area contributed by atoms with Gasteiger partial charge in [0.1, 0.15) is 0 Å². The van der Waals surface area contributed by atoms with Crippen LogP contribution in [0, 0.1) is 13.8 Å². The van der Waals surface area contributed by atoms with Crippen molar-refractivity contribution in [2.45, 2.75) is 46.6 Å². The van der Waals surface area contributed by atoms with Gasteiger partial charge in [0.15, 0.2) is 17.6 Å². The molecule has 0 saturated carbocycles. The quantitative estimate of drug-likeness (QED) is 0.510. The monoisotopic (exact) mass is 403 g/mol. The van der Waals surface area contributed by atoms with Crippen LogP contribution in [0.4, 0.5) is 5.69 Å². The van der Waals surface area contributed by atoms with Gasteiger partial charge in [-0.05, 0) is 45.4 Å². The van der Waals surface area contributed by atoms with E-state index in [-0.39, 0.29) is 5.56 Å². The van der Waals surface area contributed by atoms with E-state index in [0.717, 1.165) is 18.5 Å². The zero-order valence-electron chi connectivity index (χ0n) is 17.9. The summed E-state index contributed by atoms with van der Waals surface area (Å²) in [6.07, 6.45) is 0.966. The molecule has 1 N–H and O–H groups in total. The van der Waals surface area contributed by atoms with Crippen molar-refractivity contribution < 1.29 is 23.8 Å². The summed E-state index contributed by atoms with van der Waals surface area (Å²) in [6.45, 7) is 7.82. The van der Waals surface area contributed by atoms with E-state index in [9.17, 15) is 9.59 Å². The summed E-state index contributed by atoms with van der Waals surface area (Å²) in [4.78, 5) is 24.9. The minimum absolute atomic E-state index is 0.276. The Hall–Kier alpha value is -3.03. The molecule has 0 fully saturated rings. The summed E-state index contributed by atoms with van der Waals surface area (Å²) in [5, 5.41) is 7.03. The van der Waals surface area contributed by atoms with Crippen LogP contribution in [0.15, 0.2) is 18.2 Å². The van der Waals surface area contributed by atoms with E-state index in [1.807, 2.05) is 6.92 Å². The number of anilines is 1. The van der Waals surface area contributed by atoms with Crippen LogP contribution in [0.3, 0.4) is 0 Å². The predicted octanol–water partition coefficient (Wildman–Crippen LogP) is 3.41. The van der Waals surface area contributed by atoms with E-state index < -0.39 is 18.0 Å². The predicted molar refractivity (Wildman–Crippen MR) is 110 cm³/mol. The first-order valence-corrected chi connectivity index (χ1v) is 9.61. The van der Waals surface area contributed by atoms with Crippen LogP contribution in [-0.4, -0.2) is 41.5 Å². The number of rotatable bonds is 9. The smallest absolute Gasteiger partial charge is 0.339 e. The summed E-state index contributed by atoms with van der Waals surface area (Å²) < 4.78 is 18.0. The minimum Gasteiger partial charge on any atom is -0.493 e. The number of benzene rings is 1. The van der Waals surface area contributed by atoms with Crippen LogP contribution in [0.1, 0.15) is 48.4 Å². The fourth-order valence-corrected chi connectivity index (χ4v) is 2.70. The Labute approximate surface area is 171 Å². The zero-order valence-corrected chi connectivity index (χ0v) is 17.9. The lowest BCUT2D eigenvalue weighted by atomic mass is 10.2. The third-order valence-corrected chi connectivity index (χ3v) is 4.57. The second-order valence-corrected chi connectivity index (χ2v) is 6.77. The molecule has 0 bridgehead atoms. The number of esters is 1. The highest BCUT2D eigenvalue weighted by Gasteiger charge is 2.22. The molecule has 1 amide bonds. The number of carbonyl (C=O) groups excluding carboxylic acids is 2. The maximum Gasteiger partial charge on any atom is 0.339 e. The number of aryl methyl sites for hydroxylation is 2. The van der Waals surface area contributed by atoms with E-state index >= 15 is 0 Å². The average molecular weight is 403 g/mol. The van der Waals surface area contributed by atoms with Crippen LogP contribution in [-0.2, 0) is 16.6 Å². The third kappa shape index (κ3) is 5.49. The molecule has 0 spiro atoms. The number of amides is 1. The van der Waals surface area contributed by atoms with Crippen LogP contribution in [0.25, 0.3) is 0 Å². The summed E-state index contributed by atoms with van der Waals surface area (Å²) in [5.41, 5.74) is 2.41. The van der Waals surface area contributed by atoms with Crippen molar-refractivity contribution in [2.75, 3.05) is 19.0 Å². The highest BCUT2D eigenvalue weighted by atomic mass is 16.5. The lowest BCUT2D eigenvalue weighted by Crippen LogP contribution is -2.30. The van der Waals surface area contributed by atoms with Crippen LogP contribution in [0.2, 0.25) is 0 Å². The van der Waals surface area contributed by atoms with Gasteiger partial charge in [-0.25, -0.2) is 4.79 Å². The largest absolute Gasteiger partial charge is 0.493 e. The second-order valence-electron chi connectivity index (χ2n) is 6.77. The zero-order chi connectivity index (χ0) is 21.6. The molecule has 0 unspecified atom stereocenters. The van der Waals surface area contributed by atoms with Crippen molar-refractivity contribution in [1.29, 1.82) is 0 Å². The number of hydrogen-bond donors (Lipinski definition) is 1. The Morgan fingerprint density at radius 3 is 2.55 bits per heavy atom. The van der Waals surface area contributed by atoms with Crippen molar-refractivity contribution in [2.24, 2.45) is 7.05 Å². The van der Waals surface area contributed by atoms with Gasteiger partial charge < -0.3 is 19.5 Å². The van der Waals surface area contributed by atoms with Crippen LogP contribution < -0.4 is 14.8 Å². The van der Waals surface area contributed by atoms with Gasteiger partial charge in [0, 0.05) is 7.05 Å².